The summed E-state index contributed by atoms with van der Waals surface area (Å²) in [5.74, 6) is -0.292. The monoisotopic (exact) mass is 445 g/mol. The fraction of sp³-hybridized carbons (Fsp3) is 0.167. The van der Waals surface area contributed by atoms with Crippen molar-refractivity contribution >= 4 is 22.7 Å². The zero-order chi connectivity index (χ0) is 23.4. The van der Waals surface area contributed by atoms with Crippen LogP contribution in [-0.2, 0) is 11.8 Å². The van der Waals surface area contributed by atoms with E-state index in [1.807, 2.05) is 30.3 Å². The van der Waals surface area contributed by atoms with E-state index in [2.05, 4.69) is 4.98 Å². The molecule has 0 aliphatic carbocycles. The summed E-state index contributed by atoms with van der Waals surface area (Å²) in [4.78, 5) is 43.0. The van der Waals surface area contributed by atoms with E-state index in [1.54, 1.807) is 27.3 Å². The molecule has 0 bridgehead atoms. The zero-order valence-corrected chi connectivity index (χ0v) is 18.2. The first-order valence-corrected chi connectivity index (χ1v) is 10.4. The number of carbonyl (C=O) groups is 1. The summed E-state index contributed by atoms with van der Waals surface area (Å²) in [6.07, 6.45) is 1.76. The Hall–Kier alpha value is -4.27. The smallest absolute Gasteiger partial charge is 0.298 e. The summed E-state index contributed by atoms with van der Waals surface area (Å²) >= 11 is 0. The van der Waals surface area contributed by atoms with Crippen LogP contribution in [0, 0.1) is 5.82 Å². The number of hydrogen-bond donors (Lipinski definition) is 0. The summed E-state index contributed by atoms with van der Waals surface area (Å²) in [6, 6.07) is 14.5. The second-order valence-electron chi connectivity index (χ2n) is 7.95. The molecule has 0 aliphatic rings. The van der Waals surface area contributed by atoms with Gasteiger partial charge in [0.15, 0.2) is 16.9 Å². The Labute approximate surface area is 186 Å². The number of rotatable bonds is 4. The zero-order valence-electron chi connectivity index (χ0n) is 18.2. The van der Waals surface area contributed by atoms with Gasteiger partial charge in [-0.15, -0.1) is 0 Å². The van der Waals surface area contributed by atoms with E-state index >= 15 is 0 Å². The average molecular weight is 445 g/mol. The minimum atomic E-state index is -0.918. The van der Waals surface area contributed by atoms with Gasteiger partial charge in [0, 0.05) is 24.5 Å². The fourth-order valence-electron chi connectivity index (χ4n) is 4.04. The molecule has 0 saturated heterocycles. The quantitative estimate of drug-likeness (QED) is 0.426. The molecule has 8 nitrogen and oxygen atoms in total. The van der Waals surface area contributed by atoms with Gasteiger partial charge < -0.3 is 0 Å². The number of Topliss-reactive ketones (excluding diaryl/α,β-unsaturated/α-hetero) is 1. The summed E-state index contributed by atoms with van der Waals surface area (Å²) < 4.78 is 19.3. The van der Waals surface area contributed by atoms with Gasteiger partial charge in [-0.2, -0.15) is 4.98 Å². The van der Waals surface area contributed by atoms with Crippen molar-refractivity contribution in [2.24, 2.45) is 7.05 Å². The highest BCUT2D eigenvalue weighted by Crippen LogP contribution is 2.29. The highest BCUT2D eigenvalue weighted by Gasteiger charge is 2.25. The maximum atomic E-state index is 13.6. The van der Waals surface area contributed by atoms with E-state index in [4.69, 9.17) is 0 Å². The fourth-order valence-corrected chi connectivity index (χ4v) is 4.04. The Morgan fingerprint density at radius 3 is 2.33 bits per heavy atom. The molecule has 0 saturated carbocycles. The molecule has 0 radical (unpaired) electrons. The lowest BCUT2D eigenvalue weighted by molar-refractivity contribution is -0.119. The number of aromatic nitrogens is 5. The number of hydrogen-bond acceptors (Lipinski definition) is 4. The van der Waals surface area contributed by atoms with Gasteiger partial charge in [-0.25, -0.2) is 13.8 Å². The Morgan fingerprint density at radius 2 is 1.70 bits per heavy atom. The molecule has 3 aromatic heterocycles. The van der Waals surface area contributed by atoms with Crippen LogP contribution in [-0.4, -0.2) is 28.9 Å². The second-order valence-corrected chi connectivity index (χ2v) is 7.95. The van der Waals surface area contributed by atoms with Gasteiger partial charge in [0.25, 0.3) is 5.56 Å². The lowest BCUT2D eigenvalue weighted by Gasteiger charge is -2.12. The van der Waals surface area contributed by atoms with Crippen LogP contribution in [0.4, 0.5) is 4.39 Å². The number of halogens is 1. The molecular weight excluding hydrogens is 425 g/mol. The number of ketones is 1. The molecule has 3 heterocycles. The molecular formula is C24H20FN5O3. The van der Waals surface area contributed by atoms with E-state index in [0.29, 0.717) is 11.5 Å². The molecule has 0 spiro atoms. The minimum Gasteiger partial charge on any atom is -0.298 e. The first kappa shape index (κ1) is 20.6. The molecule has 0 fully saturated rings. The Morgan fingerprint density at radius 1 is 1.03 bits per heavy atom. The van der Waals surface area contributed by atoms with Crippen molar-refractivity contribution in [3.8, 4) is 16.9 Å². The van der Waals surface area contributed by atoms with E-state index in [1.165, 1.54) is 37.6 Å². The molecule has 2 aromatic carbocycles. The standard InChI is InChI=1S/C24H20FN5O3/c1-14(15(2)31)29-22(32)20-21(27(3)24(29)33)26-23-28(20)13-19(16-7-5-4-6-8-16)30(23)18-11-9-17(25)10-12-18/h4-14H,1-3H3/t14-/m1/s1. The molecule has 9 heteroatoms. The number of aryl methyl sites for hydroxylation is 1. The molecule has 5 aromatic rings. The molecule has 166 valence electrons. The van der Waals surface area contributed by atoms with Crippen molar-refractivity contribution in [1.29, 1.82) is 0 Å². The molecule has 0 unspecified atom stereocenters. The minimum absolute atomic E-state index is 0.179. The van der Waals surface area contributed by atoms with Crippen LogP contribution in [0.5, 0.6) is 0 Å². The summed E-state index contributed by atoms with van der Waals surface area (Å²) in [7, 11) is 1.51. The average Bonchev–Trinajstić information content (AvgIpc) is 3.35. The van der Waals surface area contributed by atoms with E-state index in [0.717, 1.165) is 15.8 Å². The lowest BCUT2D eigenvalue weighted by atomic mass is 10.1. The Kier molecular flexibility index (Phi) is 4.63. The first-order chi connectivity index (χ1) is 15.8. The van der Waals surface area contributed by atoms with Gasteiger partial charge in [0.1, 0.15) is 5.82 Å². The largest absolute Gasteiger partial charge is 0.333 e. The maximum Gasteiger partial charge on any atom is 0.333 e. The molecule has 0 N–H and O–H groups in total. The maximum absolute atomic E-state index is 13.6. The highest BCUT2D eigenvalue weighted by molar-refractivity contribution is 5.82. The van der Waals surface area contributed by atoms with Crippen molar-refractivity contribution in [2.75, 3.05) is 0 Å². The van der Waals surface area contributed by atoms with Crippen molar-refractivity contribution in [1.82, 2.24) is 23.1 Å². The number of nitrogens with zero attached hydrogens (tertiary/aromatic N) is 5. The summed E-state index contributed by atoms with van der Waals surface area (Å²) in [5, 5.41) is 0. The normalized spacial score (nSPS) is 12.5. The van der Waals surface area contributed by atoms with Crippen molar-refractivity contribution < 1.29 is 9.18 Å². The van der Waals surface area contributed by atoms with Crippen LogP contribution < -0.4 is 11.2 Å². The predicted molar refractivity (Wildman–Crippen MR) is 122 cm³/mol. The van der Waals surface area contributed by atoms with Crippen LogP contribution in [0.15, 0.2) is 70.4 Å². The highest BCUT2D eigenvalue weighted by atomic mass is 19.1. The van der Waals surface area contributed by atoms with E-state index < -0.39 is 17.3 Å². The third-order valence-corrected chi connectivity index (χ3v) is 5.93. The van der Waals surface area contributed by atoms with Gasteiger partial charge in [0.2, 0.25) is 5.78 Å². The summed E-state index contributed by atoms with van der Waals surface area (Å²) in [6.45, 7) is 2.86. The van der Waals surface area contributed by atoms with Crippen LogP contribution >= 0.6 is 0 Å². The van der Waals surface area contributed by atoms with Crippen LogP contribution in [0.2, 0.25) is 0 Å². The van der Waals surface area contributed by atoms with Gasteiger partial charge >= 0.3 is 5.69 Å². The van der Waals surface area contributed by atoms with Crippen LogP contribution in [0.3, 0.4) is 0 Å². The van der Waals surface area contributed by atoms with Gasteiger partial charge in [-0.3, -0.25) is 23.1 Å². The molecule has 5 rings (SSSR count). The van der Waals surface area contributed by atoms with E-state index in [9.17, 15) is 18.8 Å². The molecule has 0 amide bonds. The third-order valence-electron chi connectivity index (χ3n) is 5.93. The van der Waals surface area contributed by atoms with Crippen LogP contribution in [0.25, 0.3) is 33.9 Å². The number of carbonyl (C=O) groups excluding carboxylic acids is 1. The van der Waals surface area contributed by atoms with Crippen molar-refractivity contribution in [3.05, 3.63) is 87.4 Å². The number of imidazole rings is 2. The molecule has 0 aliphatic heterocycles. The lowest BCUT2D eigenvalue weighted by Crippen LogP contribution is -2.42. The third kappa shape index (κ3) is 3.04. The van der Waals surface area contributed by atoms with Crippen molar-refractivity contribution in [2.45, 2.75) is 19.9 Å². The predicted octanol–water partition coefficient (Wildman–Crippen LogP) is 3.09. The molecule has 33 heavy (non-hydrogen) atoms. The van der Waals surface area contributed by atoms with Gasteiger partial charge in [-0.05, 0) is 38.1 Å². The SMILES string of the molecule is CC(=O)[C@@H](C)n1c(=O)c2c(nc3n(-c4ccc(F)cc4)c(-c4ccccc4)cn23)n(C)c1=O. The van der Waals surface area contributed by atoms with Gasteiger partial charge in [-0.1, -0.05) is 30.3 Å². The second kappa shape index (κ2) is 7.40. The number of benzene rings is 2. The Balaban J connectivity index is 1.94. The Bertz CT molecular complexity index is 1660. The first-order valence-electron chi connectivity index (χ1n) is 10.4. The van der Waals surface area contributed by atoms with Gasteiger partial charge in [0.05, 0.1) is 11.7 Å². The topological polar surface area (TPSA) is 83.3 Å². The molecule has 1 atom stereocenters. The van der Waals surface area contributed by atoms with Crippen LogP contribution in [0.1, 0.15) is 19.9 Å². The summed E-state index contributed by atoms with van der Waals surface area (Å²) in [5.41, 5.74) is 1.39. The number of fused-ring (bicyclic) bond motifs is 3. The van der Waals surface area contributed by atoms with E-state index in [-0.39, 0.29) is 22.8 Å². The van der Waals surface area contributed by atoms with Crippen molar-refractivity contribution in [3.63, 3.8) is 0 Å².